The first-order valence-corrected chi connectivity index (χ1v) is 13.6. The maximum atomic E-state index is 13.9. The van der Waals surface area contributed by atoms with Crippen LogP contribution < -0.4 is 0 Å². The highest BCUT2D eigenvalue weighted by molar-refractivity contribution is 7.97. The van der Waals surface area contributed by atoms with E-state index < -0.39 is 10.4 Å². The summed E-state index contributed by atoms with van der Waals surface area (Å²) in [6.07, 6.45) is 1.51. The molecule has 0 aliphatic carbocycles. The summed E-state index contributed by atoms with van der Waals surface area (Å²) in [5.41, 5.74) is 3.28. The molecule has 3 aromatic rings. The first-order valence-electron chi connectivity index (χ1n) is 11.3. The zero-order valence-electron chi connectivity index (χ0n) is 19.0. The number of carbonyl (C=O) groups is 1. The molecule has 1 saturated heterocycles. The van der Waals surface area contributed by atoms with Gasteiger partial charge in [-0.25, -0.2) is 4.68 Å². The van der Waals surface area contributed by atoms with E-state index in [0.29, 0.717) is 23.0 Å². The molecule has 0 radical (unpaired) electrons. The Labute approximate surface area is 199 Å². The Morgan fingerprint density at radius 1 is 1.18 bits per heavy atom. The Morgan fingerprint density at radius 2 is 1.94 bits per heavy atom. The highest BCUT2D eigenvalue weighted by atomic mass is 32.3. The van der Waals surface area contributed by atoms with Gasteiger partial charge in [0, 0.05) is 24.2 Å². The number of amides is 1. The van der Waals surface area contributed by atoms with E-state index in [1.165, 1.54) is 11.3 Å². The molecular formula is C24H28N4O3S2. The lowest BCUT2D eigenvalue weighted by Gasteiger charge is -2.41. The van der Waals surface area contributed by atoms with Gasteiger partial charge in [0.2, 0.25) is 4.21 Å². The van der Waals surface area contributed by atoms with E-state index >= 15 is 0 Å². The van der Waals surface area contributed by atoms with E-state index in [-0.39, 0.29) is 23.9 Å². The molecular weight excluding hydrogens is 456 g/mol. The van der Waals surface area contributed by atoms with E-state index in [2.05, 4.69) is 13.8 Å². The van der Waals surface area contributed by atoms with Crippen LogP contribution in [0, 0.1) is 12.8 Å². The predicted octanol–water partition coefficient (Wildman–Crippen LogP) is 4.46. The highest BCUT2D eigenvalue weighted by Crippen LogP contribution is 2.44. The molecule has 7 nitrogen and oxygen atoms in total. The highest BCUT2D eigenvalue weighted by Gasteiger charge is 2.48. The number of sulfonamides is 1. The third-order valence-electron chi connectivity index (χ3n) is 6.61. The maximum absolute atomic E-state index is 13.9. The largest absolute Gasteiger partial charge is 0.592 e. The number of hydrogen-bond acceptors (Lipinski definition) is 5. The van der Waals surface area contributed by atoms with Crippen molar-refractivity contribution in [2.45, 2.75) is 49.9 Å². The van der Waals surface area contributed by atoms with Gasteiger partial charge in [0.05, 0.1) is 24.0 Å². The number of para-hydroxylation sites is 1. The van der Waals surface area contributed by atoms with E-state index in [1.54, 1.807) is 26.5 Å². The van der Waals surface area contributed by atoms with Crippen LogP contribution in [-0.2, 0) is 14.6 Å². The summed E-state index contributed by atoms with van der Waals surface area (Å²) >= 11 is 1.23. The fraction of sp³-hybridized carbons (Fsp3) is 0.417. The van der Waals surface area contributed by atoms with Crippen molar-refractivity contribution in [3.63, 3.8) is 0 Å². The summed E-state index contributed by atoms with van der Waals surface area (Å²) in [5, 5.41) is 6.50. The average molecular weight is 485 g/mol. The van der Waals surface area contributed by atoms with Crippen LogP contribution in [0.2, 0.25) is 0 Å². The topological polar surface area (TPSA) is 81.5 Å². The Kier molecular flexibility index (Phi) is 5.76. The second-order valence-electron chi connectivity index (χ2n) is 9.09. The summed E-state index contributed by atoms with van der Waals surface area (Å²) < 4.78 is 30.0. The van der Waals surface area contributed by atoms with Gasteiger partial charge in [0.15, 0.2) is 10.4 Å². The predicted molar refractivity (Wildman–Crippen MR) is 128 cm³/mol. The molecule has 0 spiro atoms. The van der Waals surface area contributed by atoms with Crippen LogP contribution in [0.5, 0.6) is 0 Å². The van der Waals surface area contributed by atoms with Crippen LogP contribution in [0.3, 0.4) is 0 Å². The van der Waals surface area contributed by atoms with Gasteiger partial charge in [-0.15, -0.1) is 4.31 Å². The third kappa shape index (κ3) is 3.67. The average Bonchev–Trinajstić information content (AvgIpc) is 3.52. The smallest absolute Gasteiger partial charge is 0.273 e. The second-order valence-corrected chi connectivity index (χ2v) is 12.2. The number of aryl methyl sites for hydroxylation is 1. The maximum Gasteiger partial charge on any atom is 0.273 e. The summed E-state index contributed by atoms with van der Waals surface area (Å²) in [7, 11) is -3.55. The van der Waals surface area contributed by atoms with Gasteiger partial charge >= 0.3 is 0 Å². The normalized spacial score (nSPS) is 23.2. The van der Waals surface area contributed by atoms with Crippen LogP contribution in [0.4, 0.5) is 0 Å². The Morgan fingerprint density at radius 3 is 2.61 bits per heavy atom. The number of rotatable bonds is 5. The SMILES string of the molecule is Cc1nn(-c2ccccc2)c2c1C(C(C)C)N(C1CCCN([S+](=O)([O-])c3cccs3)C1)C2=O. The molecule has 5 rings (SSSR count). The van der Waals surface area contributed by atoms with Crippen molar-refractivity contribution in [1.29, 1.82) is 0 Å². The van der Waals surface area contributed by atoms with E-state index in [9.17, 15) is 13.6 Å². The number of aromatic nitrogens is 2. The van der Waals surface area contributed by atoms with E-state index in [1.807, 2.05) is 42.2 Å². The molecule has 0 saturated carbocycles. The zero-order valence-corrected chi connectivity index (χ0v) is 20.6. The number of fused-ring (bicyclic) bond motifs is 1. The number of hydrogen-bond donors (Lipinski definition) is 0. The van der Waals surface area contributed by atoms with Crippen molar-refractivity contribution < 1.29 is 13.6 Å². The van der Waals surface area contributed by atoms with Crippen LogP contribution in [-0.4, -0.2) is 48.6 Å². The van der Waals surface area contributed by atoms with E-state index in [0.717, 1.165) is 29.8 Å². The van der Waals surface area contributed by atoms with Crippen molar-refractivity contribution in [2.24, 2.45) is 5.92 Å². The molecule has 4 heterocycles. The fourth-order valence-corrected chi connectivity index (χ4v) is 7.85. The summed E-state index contributed by atoms with van der Waals surface area (Å²) in [5.74, 6) is 0.111. The molecule has 1 fully saturated rings. The minimum Gasteiger partial charge on any atom is -0.592 e. The number of benzene rings is 1. The Balaban J connectivity index is 1.51. The van der Waals surface area contributed by atoms with Gasteiger partial charge in [0.1, 0.15) is 5.69 Å². The lowest BCUT2D eigenvalue weighted by Crippen LogP contribution is -2.53. The minimum absolute atomic E-state index is 0.0616. The van der Waals surface area contributed by atoms with Crippen molar-refractivity contribution >= 4 is 27.6 Å². The minimum atomic E-state index is -3.55. The molecule has 2 aromatic heterocycles. The first kappa shape index (κ1) is 22.5. The van der Waals surface area contributed by atoms with Gasteiger partial charge in [-0.1, -0.05) is 47.6 Å². The summed E-state index contributed by atoms with van der Waals surface area (Å²) in [6, 6.07) is 12.8. The molecule has 1 aromatic carbocycles. The van der Waals surface area contributed by atoms with Gasteiger partial charge in [-0.2, -0.15) is 5.10 Å². The monoisotopic (exact) mass is 484 g/mol. The molecule has 174 valence electrons. The molecule has 2 aliphatic heterocycles. The second kappa shape index (κ2) is 8.47. The van der Waals surface area contributed by atoms with Gasteiger partial charge < -0.3 is 9.45 Å². The summed E-state index contributed by atoms with van der Waals surface area (Å²) in [4.78, 5) is 15.8. The van der Waals surface area contributed by atoms with Crippen LogP contribution in [0.25, 0.3) is 5.69 Å². The lowest BCUT2D eigenvalue weighted by molar-refractivity contribution is 0.0458. The zero-order chi connectivity index (χ0) is 23.3. The van der Waals surface area contributed by atoms with Crippen LogP contribution in [0.1, 0.15) is 54.5 Å². The van der Waals surface area contributed by atoms with Crippen LogP contribution in [0.15, 0.2) is 52.1 Å². The van der Waals surface area contributed by atoms with Gasteiger partial charge in [-0.3, -0.25) is 4.79 Å². The molecule has 3 unspecified atom stereocenters. The first-order chi connectivity index (χ1) is 15.8. The van der Waals surface area contributed by atoms with Gasteiger partial charge in [-0.05, 0) is 49.3 Å². The molecule has 33 heavy (non-hydrogen) atoms. The molecule has 2 aliphatic rings. The number of carbonyl (C=O) groups excluding carboxylic acids is 1. The number of thiophene rings is 1. The molecule has 9 heteroatoms. The quantitative estimate of drug-likeness (QED) is 0.501. The summed E-state index contributed by atoms with van der Waals surface area (Å²) in [6.45, 7) is 6.98. The van der Waals surface area contributed by atoms with Crippen molar-refractivity contribution in [1.82, 2.24) is 19.0 Å². The molecule has 0 bridgehead atoms. The lowest BCUT2D eigenvalue weighted by atomic mass is 9.94. The fourth-order valence-electron chi connectivity index (χ4n) is 5.19. The standard InChI is InChI=1S/C24H28N4O3S2/c1-16(2)22-21-17(3)25-28(18-9-5-4-6-10-18)23(21)24(29)27(22)19-11-7-13-26(15-19)33(30,31)20-12-8-14-32-20/h4-6,8-10,12,14,16,19,22H,7,11,13,15H2,1-3H3. The Bertz CT molecular complexity index is 1210. The molecule has 0 N–H and O–H groups in total. The van der Waals surface area contributed by atoms with Crippen molar-refractivity contribution in [2.75, 3.05) is 13.1 Å². The number of piperidine rings is 1. The Hall–Kier alpha value is -2.33. The van der Waals surface area contributed by atoms with Crippen LogP contribution >= 0.6 is 11.3 Å². The van der Waals surface area contributed by atoms with Crippen molar-refractivity contribution in [3.05, 3.63) is 64.8 Å². The van der Waals surface area contributed by atoms with E-state index in [4.69, 9.17) is 5.10 Å². The van der Waals surface area contributed by atoms with Gasteiger partial charge in [0.25, 0.3) is 5.91 Å². The van der Waals surface area contributed by atoms with Crippen molar-refractivity contribution in [3.8, 4) is 5.69 Å². The molecule has 1 amide bonds. The third-order valence-corrected chi connectivity index (χ3v) is 9.85. The number of nitrogens with zero attached hydrogens (tertiary/aromatic N) is 4. The molecule has 3 atom stereocenters.